The van der Waals surface area contributed by atoms with Crippen molar-refractivity contribution in [3.05, 3.63) is 51.5 Å². The largest absolute Gasteiger partial charge is 0.304 e. The van der Waals surface area contributed by atoms with Crippen LogP contribution in [0.1, 0.15) is 16.7 Å². The third kappa shape index (κ3) is 2.69. The summed E-state index contributed by atoms with van der Waals surface area (Å²) in [6.45, 7) is 4.78. The summed E-state index contributed by atoms with van der Waals surface area (Å²) in [5.74, 6) is -0.109. The summed E-state index contributed by atoms with van der Waals surface area (Å²) in [7, 11) is 2.14. The Balaban J connectivity index is 1.44. The first-order valence-electron chi connectivity index (χ1n) is 9.01. The number of hydrogen-bond donors (Lipinski definition) is 1. The minimum Gasteiger partial charge on any atom is -0.304 e. The number of nitrogens with zero attached hydrogens (tertiary/aromatic N) is 3. The minimum atomic E-state index is -0.109. The van der Waals surface area contributed by atoms with E-state index in [0.717, 1.165) is 60.7 Å². The number of piperazine rings is 1. The van der Waals surface area contributed by atoms with Crippen LogP contribution < -0.4 is 0 Å². The van der Waals surface area contributed by atoms with E-state index < -0.39 is 0 Å². The first-order chi connectivity index (χ1) is 12.7. The Hall–Kier alpha value is -2.02. The fourth-order valence-electron chi connectivity index (χ4n) is 4.00. The van der Waals surface area contributed by atoms with Crippen LogP contribution in [-0.2, 0) is 13.0 Å². The number of rotatable bonds is 3. The van der Waals surface area contributed by atoms with Gasteiger partial charge in [-0.15, -0.1) is 0 Å². The second kappa shape index (κ2) is 6.30. The van der Waals surface area contributed by atoms with Gasteiger partial charge in [0.1, 0.15) is 5.82 Å². The zero-order chi connectivity index (χ0) is 17.7. The number of thiophene rings is 1. The van der Waals surface area contributed by atoms with Gasteiger partial charge in [-0.1, -0.05) is 6.07 Å². The number of halogens is 1. The van der Waals surface area contributed by atoms with Crippen LogP contribution in [0.25, 0.3) is 22.5 Å². The van der Waals surface area contributed by atoms with E-state index in [1.807, 2.05) is 0 Å². The van der Waals surface area contributed by atoms with Gasteiger partial charge in [0, 0.05) is 66.8 Å². The van der Waals surface area contributed by atoms with Gasteiger partial charge in [0.2, 0.25) is 0 Å². The third-order valence-corrected chi connectivity index (χ3v) is 6.24. The number of fused-ring (bicyclic) bond motifs is 3. The molecule has 134 valence electrons. The fraction of sp³-hybridized carbons (Fsp3) is 0.350. The van der Waals surface area contributed by atoms with Crippen LogP contribution in [0.15, 0.2) is 29.0 Å². The van der Waals surface area contributed by atoms with Gasteiger partial charge in [-0.3, -0.25) is 10.00 Å². The second-order valence-corrected chi connectivity index (χ2v) is 8.07. The van der Waals surface area contributed by atoms with Gasteiger partial charge in [0.15, 0.2) is 0 Å². The molecule has 0 radical (unpaired) electrons. The van der Waals surface area contributed by atoms with Crippen molar-refractivity contribution < 1.29 is 4.39 Å². The van der Waals surface area contributed by atoms with Gasteiger partial charge in [0.25, 0.3) is 0 Å². The average molecular weight is 368 g/mol. The zero-order valence-corrected chi connectivity index (χ0v) is 15.6. The maximum Gasteiger partial charge on any atom is 0.128 e. The number of H-pyrrole nitrogens is 1. The lowest BCUT2D eigenvalue weighted by Crippen LogP contribution is -2.44. The maximum absolute atomic E-state index is 14.8. The molecule has 0 atom stereocenters. The van der Waals surface area contributed by atoms with Crippen LogP contribution in [0.4, 0.5) is 4.39 Å². The Labute approximate surface area is 156 Å². The van der Waals surface area contributed by atoms with Crippen molar-refractivity contribution >= 4 is 11.3 Å². The summed E-state index contributed by atoms with van der Waals surface area (Å²) in [6.07, 6.45) is 0.822. The molecule has 1 N–H and O–H groups in total. The number of nitrogens with one attached hydrogen (secondary N) is 1. The Kier molecular flexibility index (Phi) is 3.92. The molecule has 4 nitrogen and oxygen atoms in total. The Morgan fingerprint density at radius 1 is 1.23 bits per heavy atom. The van der Waals surface area contributed by atoms with Crippen LogP contribution in [0.2, 0.25) is 0 Å². The molecule has 3 aromatic rings. The van der Waals surface area contributed by atoms with Crippen LogP contribution >= 0.6 is 11.3 Å². The third-order valence-electron chi connectivity index (χ3n) is 5.56. The van der Waals surface area contributed by atoms with Gasteiger partial charge in [-0.05, 0) is 30.1 Å². The van der Waals surface area contributed by atoms with Crippen molar-refractivity contribution in [2.45, 2.75) is 13.0 Å². The normalized spacial score (nSPS) is 17.5. The molecule has 0 saturated carbocycles. The molecule has 1 aliphatic carbocycles. The molecule has 1 aliphatic heterocycles. The van der Waals surface area contributed by atoms with Crippen LogP contribution in [-0.4, -0.2) is 53.2 Å². The molecular formula is C20H21FN4S. The Morgan fingerprint density at radius 2 is 2.08 bits per heavy atom. The van der Waals surface area contributed by atoms with Crippen molar-refractivity contribution in [2.75, 3.05) is 33.2 Å². The summed E-state index contributed by atoms with van der Waals surface area (Å²) in [5.41, 5.74) is 7.28. The van der Waals surface area contributed by atoms with E-state index in [1.165, 1.54) is 11.1 Å². The topological polar surface area (TPSA) is 35.2 Å². The number of aromatic nitrogens is 2. The molecule has 6 heteroatoms. The van der Waals surface area contributed by atoms with E-state index in [2.05, 4.69) is 49.9 Å². The standard InChI is InChI=1S/C20H21FN4S/c1-24-3-5-25(6-4-24)11-15-8-14-9-17-19(13-2-7-26-12-13)22-23-20(17)16(14)10-18(15)21/h2,7-8,10,12H,3-6,9,11H2,1H3,(H,22,23). The summed E-state index contributed by atoms with van der Waals surface area (Å²) < 4.78 is 14.8. The lowest BCUT2D eigenvalue weighted by Gasteiger charge is -2.32. The fourth-order valence-corrected chi connectivity index (χ4v) is 4.65. The van der Waals surface area contributed by atoms with E-state index in [1.54, 1.807) is 17.4 Å². The summed E-state index contributed by atoms with van der Waals surface area (Å²) >= 11 is 1.67. The highest BCUT2D eigenvalue weighted by Gasteiger charge is 2.27. The molecule has 2 aromatic heterocycles. The molecule has 3 heterocycles. The molecule has 0 unspecified atom stereocenters. The van der Waals surface area contributed by atoms with Crippen LogP contribution in [0.3, 0.4) is 0 Å². The van der Waals surface area contributed by atoms with E-state index in [0.29, 0.717) is 6.54 Å². The smallest absolute Gasteiger partial charge is 0.128 e. The van der Waals surface area contributed by atoms with E-state index in [9.17, 15) is 4.39 Å². The average Bonchev–Trinajstić information content (AvgIpc) is 3.34. The van der Waals surface area contributed by atoms with Crippen LogP contribution in [0, 0.1) is 5.82 Å². The first-order valence-corrected chi connectivity index (χ1v) is 9.95. The molecular weight excluding hydrogens is 347 g/mol. The lowest BCUT2D eigenvalue weighted by atomic mass is 10.0. The number of hydrogen-bond acceptors (Lipinski definition) is 4. The highest BCUT2D eigenvalue weighted by molar-refractivity contribution is 7.08. The van der Waals surface area contributed by atoms with Gasteiger partial charge < -0.3 is 4.90 Å². The molecule has 5 rings (SSSR count). The SMILES string of the molecule is CN1CCN(Cc2cc3c(cc2F)-c2[nH]nc(-c4ccsc4)c2C3)CC1. The molecule has 0 spiro atoms. The highest BCUT2D eigenvalue weighted by Crippen LogP contribution is 2.41. The van der Waals surface area contributed by atoms with Crippen LogP contribution in [0.5, 0.6) is 0 Å². The highest BCUT2D eigenvalue weighted by atomic mass is 32.1. The second-order valence-electron chi connectivity index (χ2n) is 7.29. The number of benzene rings is 1. The van der Waals surface area contributed by atoms with Gasteiger partial charge >= 0.3 is 0 Å². The zero-order valence-electron chi connectivity index (χ0n) is 14.8. The summed E-state index contributed by atoms with van der Waals surface area (Å²) in [5, 5.41) is 11.8. The van der Waals surface area contributed by atoms with Crippen molar-refractivity contribution in [2.24, 2.45) is 0 Å². The van der Waals surface area contributed by atoms with Crippen molar-refractivity contribution in [1.29, 1.82) is 0 Å². The first kappa shape index (κ1) is 16.2. The summed E-state index contributed by atoms with van der Waals surface area (Å²) in [4.78, 5) is 4.67. The molecule has 1 saturated heterocycles. The predicted octanol–water partition coefficient (Wildman–Crippen LogP) is 3.60. The monoisotopic (exact) mass is 368 g/mol. The minimum absolute atomic E-state index is 0.109. The van der Waals surface area contributed by atoms with Crippen molar-refractivity contribution in [1.82, 2.24) is 20.0 Å². The molecule has 26 heavy (non-hydrogen) atoms. The van der Waals surface area contributed by atoms with Gasteiger partial charge in [-0.2, -0.15) is 16.4 Å². The van der Waals surface area contributed by atoms with E-state index in [-0.39, 0.29) is 5.82 Å². The summed E-state index contributed by atoms with van der Waals surface area (Å²) in [6, 6.07) is 5.85. The number of likely N-dealkylation sites (N-methyl/N-ethyl adjacent to an activating group) is 1. The molecule has 1 aromatic carbocycles. The van der Waals surface area contributed by atoms with Crippen molar-refractivity contribution in [3.63, 3.8) is 0 Å². The Bertz CT molecular complexity index is 939. The van der Waals surface area contributed by atoms with Gasteiger partial charge in [0.05, 0.1) is 11.4 Å². The molecule has 2 aliphatic rings. The molecule has 0 amide bonds. The maximum atomic E-state index is 14.8. The van der Waals surface area contributed by atoms with Crippen molar-refractivity contribution in [3.8, 4) is 22.5 Å². The molecule has 1 fully saturated rings. The Morgan fingerprint density at radius 3 is 2.85 bits per heavy atom. The van der Waals surface area contributed by atoms with E-state index in [4.69, 9.17) is 0 Å². The predicted molar refractivity (Wildman–Crippen MR) is 103 cm³/mol. The van der Waals surface area contributed by atoms with Gasteiger partial charge in [-0.25, -0.2) is 4.39 Å². The lowest BCUT2D eigenvalue weighted by molar-refractivity contribution is 0.147. The number of aromatic amines is 1. The van der Waals surface area contributed by atoms with E-state index >= 15 is 0 Å². The quantitative estimate of drug-likeness (QED) is 0.600. The molecule has 0 bridgehead atoms.